The molecule has 0 unspecified atom stereocenters. The zero-order valence-corrected chi connectivity index (χ0v) is 8.65. The van der Waals surface area contributed by atoms with Crippen molar-refractivity contribution in [1.82, 2.24) is 9.97 Å². The average molecular weight is 279 g/mol. The molecule has 0 amide bonds. The first-order valence-corrected chi connectivity index (χ1v) is 4.72. The number of halogens is 1. The van der Waals surface area contributed by atoms with Crippen LogP contribution >= 0.6 is 22.6 Å². The monoisotopic (exact) mass is 279 g/mol. The molecule has 0 aromatic carbocycles. The van der Waals surface area contributed by atoms with Crippen LogP contribution in [-0.2, 0) is 0 Å². The second-order valence-electron chi connectivity index (χ2n) is 2.22. The summed E-state index contributed by atoms with van der Waals surface area (Å²) in [5, 5.41) is 11.6. The largest absolute Gasteiger partial charge is 0.396 e. The maximum atomic E-state index is 8.54. The summed E-state index contributed by atoms with van der Waals surface area (Å²) in [6.07, 6.45) is 3.98. The minimum Gasteiger partial charge on any atom is -0.396 e. The van der Waals surface area contributed by atoms with Crippen LogP contribution in [0.5, 0.6) is 0 Å². The fourth-order valence-electron chi connectivity index (χ4n) is 0.729. The van der Waals surface area contributed by atoms with E-state index in [9.17, 15) is 0 Å². The van der Waals surface area contributed by atoms with Gasteiger partial charge in [-0.3, -0.25) is 0 Å². The van der Waals surface area contributed by atoms with E-state index < -0.39 is 0 Å². The Hall–Kier alpha value is -0.430. The zero-order valence-electron chi connectivity index (χ0n) is 6.50. The Balaban J connectivity index is 2.46. The number of aliphatic hydroxyl groups excluding tert-OH is 1. The summed E-state index contributed by atoms with van der Waals surface area (Å²) in [6, 6.07) is 0. The lowest BCUT2D eigenvalue weighted by Gasteiger charge is -2.04. The van der Waals surface area contributed by atoms with Crippen LogP contribution in [0.1, 0.15) is 6.42 Å². The Bertz CT molecular complexity index is 244. The first-order chi connectivity index (χ1) is 5.84. The van der Waals surface area contributed by atoms with Crippen LogP contribution in [0, 0.1) is 3.57 Å². The van der Waals surface area contributed by atoms with E-state index in [1.54, 1.807) is 6.20 Å². The van der Waals surface area contributed by atoms with Gasteiger partial charge < -0.3 is 10.4 Å². The molecule has 5 heteroatoms. The molecule has 0 saturated heterocycles. The maximum absolute atomic E-state index is 8.54. The molecular formula is C7H10IN3O. The van der Waals surface area contributed by atoms with Gasteiger partial charge in [-0.2, -0.15) is 0 Å². The highest BCUT2D eigenvalue weighted by Gasteiger charge is 1.97. The Morgan fingerprint density at radius 2 is 2.42 bits per heavy atom. The molecule has 66 valence electrons. The number of hydrogen-bond donors (Lipinski definition) is 2. The summed E-state index contributed by atoms with van der Waals surface area (Å²) in [7, 11) is 0. The standard InChI is InChI=1S/C7H10IN3O/c8-6-4-9-5-11-7(6)10-2-1-3-12/h4-5,12H,1-3H2,(H,9,10,11). The molecule has 4 nitrogen and oxygen atoms in total. The Labute approximate surface area is 84.6 Å². The highest BCUT2D eigenvalue weighted by molar-refractivity contribution is 14.1. The number of anilines is 1. The van der Waals surface area contributed by atoms with Gasteiger partial charge in [0.25, 0.3) is 0 Å². The Kier molecular flexibility index (Phi) is 4.23. The topological polar surface area (TPSA) is 58.0 Å². The van der Waals surface area contributed by atoms with Crippen molar-refractivity contribution in [2.45, 2.75) is 6.42 Å². The second-order valence-corrected chi connectivity index (χ2v) is 3.39. The molecule has 1 rings (SSSR count). The van der Waals surface area contributed by atoms with E-state index in [1.807, 2.05) is 0 Å². The highest BCUT2D eigenvalue weighted by atomic mass is 127. The lowest BCUT2D eigenvalue weighted by Crippen LogP contribution is -2.06. The Morgan fingerprint density at radius 1 is 1.58 bits per heavy atom. The van der Waals surface area contributed by atoms with Gasteiger partial charge in [-0.1, -0.05) is 0 Å². The summed E-state index contributed by atoms with van der Waals surface area (Å²) in [5.74, 6) is 0.832. The first-order valence-electron chi connectivity index (χ1n) is 3.65. The van der Waals surface area contributed by atoms with Crippen LogP contribution in [0.3, 0.4) is 0 Å². The lowest BCUT2D eigenvalue weighted by molar-refractivity contribution is 0.292. The molecule has 1 heterocycles. The number of rotatable bonds is 4. The molecule has 0 aliphatic heterocycles. The van der Waals surface area contributed by atoms with E-state index in [-0.39, 0.29) is 6.61 Å². The molecule has 0 aliphatic rings. The average Bonchev–Trinajstić information content (AvgIpc) is 2.09. The predicted molar refractivity (Wildman–Crippen MR) is 54.9 cm³/mol. The lowest BCUT2D eigenvalue weighted by atomic mass is 10.4. The van der Waals surface area contributed by atoms with Crippen molar-refractivity contribution in [2.75, 3.05) is 18.5 Å². The Morgan fingerprint density at radius 3 is 3.08 bits per heavy atom. The summed E-state index contributed by atoms with van der Waals surface area (Å²) >= 11 is 2.16. The van der Waals surface area contributed by atoms with Gasteiger partial charge in [0.2, 0.25) is 0 Å². The fourth-order valence-corrected chi connectivity index (χ4v) is 1.22. The number of nitrogens with one attached hydrogen (secondary N) is 1. The number of hydrogen-bond acceptors (Lipinski definition) is 4. The molecule has 0 bridgehead atoms. The molecule has 0 radical (unpaired) electrons. The van der Waals surface area contributed by atoms with Gasteiger partial charge in [-0.05, 0) is 29.0 Å². The van der Waals surface area contributed by atoms with E-state index in [4.69, 9.17) is 5.11 Å². The number of aromatic nitrogens is 2. The van der Waals surface area contributed by atoms with Crippen molar-refractivity contribution >= 4 is 28.4 Å². The summed E-state index contributed by atoms with van der Waals surface area (Å²) in [4.78, 5) is 7.90. The zero-order chi connectivity index (χ0) is 8.81. The van der Waals surface area contributed by atoms with Crippen LogP contribution in [0.15, 0.2) is 12.5 Å². The molecule has 1 aromatic heterocycles. The molecule has 1 aromatic rings. The third kappa shape index (κ3) is 2.90. The van der Waals surface area contributed by atoms with Crippen molar-refractivity contribution in [1.29, 1.82) is 0 Å². The fraction of sp³-hybridized carbons (Fsp3) is 0.429. The van der Waals surface area contributed by atoms with Crippen LogP contribution in [0.4, 0.5) is 5.82 Å². The number of nitrogens with zero attached hydrogens (tertiary/aromatic N) is 2. The third-order valence-electron chi connectivity index (χ3n) is 1.29. The van der Waals surface area contributed by atoms with Gasteiger partial charge in [0.15, 0.2) is 0 Å². The molecule has 0 saturated carbocycles. The second kappa shape index (κ2) is 5.26. The van der Waals surface area contributed by atoms with Gasteiger partial charge in [0.1, 0.15) is 12.1 Å². The number of aliphatic hydroxyl groups is 1. The van der Waals surface area contributed by atoms with E-state index >= 15 is 0 Å². The first kappa shape index (κ1) is 9.66. The van der Waals surface area contributed by atoms with Crippen LogP contribution in [0.25, 0.3) is 0 Å². The van der Waals surface area contributed by atoms with Crippen LogP contribution in [-0.4, -0.2) is 28.2 Å². The van der Waals surface area contributed by atoms with Gasteiger partial charge >= 0.3 is 0 Å². The molecule has 0 atom stereocenters. The van der Waals surface area contributed by atoms with E-state index in [2.05, 4.69) is 37.9 Å². The van der Waals surface area contributed by atoms with Crippen molar-refractivity contribution < 1.29 is 5.11 Å². The van der Waals surface area contributed by atoms with Crippen molar-refractivity contribution in [3.8, 4) is 0 Å². The van der Waals surface area contributed by atoms with Gasteiger partial charge in [0, 0.05) is 19.3 Å². The third-order valence-corrected chi connectivity index (χ3v) is 2.08. The van der Waals surface area contributed by atoms with Gasteiger partial charge in [-0.15, -0.1) is 0 Å². The van der Waals surface area contributed by atoms with E-state index in [1.165, 1.54) is 6.33 Å². The summed E-state index contributed by atoms with van der Waals surface area (Å²) in [5.41, 5.74) is 0. The summed E-state index contributed by atoms with van der Waals surface area (Å²) < 4.78 is 0.994. The van der Waals surface area contributed by atoms with Gasteiger partial charge in [0.05, 0.1) is 3.57 Å². The van der Waals surface area contributed by atoms with Gasteiger partial charge in [-0.25, -0.2) is 9.97 Å². The minimum absolute atomic E-state index is 0.203. The van der Waals surface area contributed by atoms with E-state index in [0.717, 1.165) is 22.4 Å². The molecule has 0 fully saturated rings. The van der Waals surface area contributed by atoms with E-state index in [0.29, 0.717) is 0 Å². The molecule has 0 spiro atoms. The molecule has 12 heavy (non-hydrogen) atoms. The van der Waals surface area contributed by atoms with Crippen molar-refractivity contribution in [3.63, 3.8) is 0 Å². The molecular weight excluding hydrogens is 269 g/mol. The summed E-state index contributed by atoms with van der Waals surface area (Å²) in [6.45, 7) is 0.943. The SMILES string of the molecule is OCCCNc1ncncc1I. The quantitative estimate of drug-likeness (QED) is 0.634. The maximum Gasteiger partial charge on any atom is 0.142 e. The van der Waals surface area contributed by atoms with Crippen molar-refractivity contribution in [2.24, 2.45) is 0 Å². The highest BCUT2D eigenvalue weighted by Crippen LogP contribution is 2.11. The smallest absolute Gasteiger partial charge is 0.142 e. The minimum atomic E-state index is 0.203. The normalized spacial score (nSPS) is 9.83. The van der Waals surface area contributed by atoms with Crippen LogP contribution < -0.4 is 5.32 Å². The molecule has 2 N–H and O–H groups in total. The predicted octanol–water partition coefficient (Wildman–Crippen LogP) is 0.875. The molecule has 0 aliphatic carbocycles. The van der Waals surface area contributed by atoms with Crippen LogP contribution in [0.2, 0.25) is 0 Å². The van der Waals surface area contributed by atoms with Crippen molar-refractivity contribution in [3.05, 3.63) is 16.1 Å².